The molecule has 2 aromatic heterocycles. The van der Waals surface area contributed by atoms with Crippen molar-refractivity contribution < 1.29 is 9.53 Å². The van der Waals surface area contributed by atoms with Gasteiger partial charge in [-0.25, -0.2) is 9.78 Å². The third kappa shape index (κ3) is 3.35. The van der Waals surface area contributed by atoms with E-state index in [4.69, 9.17) is 4.74 Å². The normalized spacial score (nSPS) is 15.2. The lowest BCUT2D eigenvalue weighted by Crippen LogP contribution is -2.32. The summed E-state index contributed by atoms with van der Waals surface area (Å²) in [6.45, 7) is 5.92. The molecule has 1 N–H and O–H groups in total. The smallest absolute Gasteiger partial charge is 0.407 e. The summed E-state index contributed by atoms with van der Waals surface area (Å²) in [5, 5.41) is 2.74. The molecule has 1 aliphatic carbocycles. The highest BCUT2D eigenvalue weighted by Gasteiger charge is 2.26. The van der Waals surface area contributed by atoms with E-state index in [0.717, 1.165) is 11.3 Å². The summed E-state index contributed by atoms with van der Waals surface area (Å²) in [4.78, 5) is 16.2. The van der Waals surface area contributed by atoms with Crippen molar-refractivity contribution in [1.82, 2.24) is 14.7 Å². The molecule has 1 amide bonds. The average Bonchev–Trinajstić information content (AvgIpc) is 3.13. The van der Waals surface area contributed by atoms with Gasteiger partial charge in [0.25, 0.3) is 0 Å². The van der Waals surface area contributed by atoms with Crippen molar-refractivity contribution in [3.05, 3.63) is 35.8 Å². The first kappa shape index (κ1) is 13.9. The summed E-state index contributed by atoms with van der Waals surface area (Å²) >= 11 is 0. The summed E-state index contributed by atoms with van der Waals surface area (Å²) < 4.78 is 7.35. The quantitative estimate of drug-likeness (QED) is 0.943. The van der Waals surface area contributed by atoms with Crippen molar-refractivity contribution in [3.63, 3.8) is 0 Å². The highest BCUT2D eigenvalue weighted by Crippen LogP contribution is 2.40. The van der Waals surface area contributed by atoms with Crippen LogP contribution in [0.15, 0.2) is 24.4 Å². The Kier molecular flexibility index (Phi) is 3.35. The Morgan fingerprint density at radius 2 is 2.19 bits per heavy atom. The van der Waals surface area contributed by atoms with Gasteiger partial charge in [0.05, 0.1) is 12.2 Å². The molecule has 0 radical (unpaired) electrons. The minimum atomic E-state index is -0.484. The molecule has 2 aromatic rings. The number of nitrogens with zero attached hydrogens (tertiary/aromatic N) is 2. The fourth-order valence-electron chi connectivity index (χ4n) is 2.36. The van der Waals surface area contributed by atoms with Crippen LogP contribution in [0, 0.1) is 0 Å². The number of fused-ring (bicyclic) bond motifs is 1. The van der Waals surface area contributed by atoms with Gasteiger partial charge in [-0.1, -0.05) is 6.07 Å². The first-order valence-corrected chi connectivity index (χ1v) is 7.36. The Morgan fingerprint density at radius 3 is 2.86 bits per heavy atom. The van der Waals surface area contributed by atoms with Crippen LogP contribution in [0.1, 0.15) is 50.9 Å². The molecule has 0 bridgehead atoms. The molecule has 1 aliphatic rings. The SMILES string of the molecule is CC(C)(C)OC(=O)NCc1cn2c(C3CC3)cccc2n1. The fourth-order valence-corrected chi connectivity index (χ4v) is 2.36. The molecule has 5 heteroatoms. The van der Waals surface area contributed by atoms with E-state index in [-0.39, 0.29) is 0 Å². The fraction of sp³-hybridized carbons (Fsp3) is 0.500. The van der Waals surface area contributed by atoms with Crippen LogP contribution in [0.25, 0.3) is 5.65 Å². The second-order valence-electron chi connectivity index (χ2n) is 6.54. The minimum Gasteiger partial charge on any atom is -0.444 e. The predicted molar refractivity (Wildman–Crippen MR) is 80.2 cm³/mol. The number of pyridine rings is 1. The summed E-state index contributed by atoms with van der Waals surface area (Å²) in [6, 6.07) is 6.18. The van der Waals surface area contributed by atoms with Crippen molar-refractivity contribution >= 4 is 11.7 Å². The van der Waals surface area contributed by atoms with Gasteiger partial charge in [-0.3, -0.25) is 0 Å². The number of amides is 1. The third-order valence-corrected chi connectivity index (χ3v) is 3.38. The van der Waals surface area contributed by atoms with Crippen LogP contribution in [-0.2, 0) is 11.3 Å². The van der Waals surface area contributed by atoms with E-state index in [1.54, 1.807) is 0 Å². The van der Waals surface area contributed by atoms with Crippen LogP contribution in [0.4, 0.5) is 4.79 Å². The lowest BCUT2D eigenvalue weighted by Gasteiger charge is -2.19. The van der Waals surface area contributed by atoms with Crippen molar-refractivity contribution in [2.75, 3.05) is 0 Å². The van der Waals surface area contributed by atoms with Crippen LogP contribution in [0.3, 0.4) is 0 Å². The van der Waals surface area contributed by atoms with E-state index in [9.17, 15) is 4.79 Å². The number of carbonyl (C=O) groups excluding carboxylic acids is 1. The molecule has 0 aliphatic heterocycles. The summed E-state index contributed by atoms with van der Waals surface area (Å²) in [7, 11) is 0. The maximum Gasteiger partial charge on any atom is 0.407 e. The molecule has 112 valence electrons. The maximum atomic E-state index is 11.7. The van der Waals surface area contributed by atoms with Gasteiger partial charge < -0.3 is 14.5 Å². The zero-order valence-electron chi connectivity index (χ0n) is 12.7. The Balaban J connectivity index is 1.70. The number of hydrogen-bond acceptors (Lipinski definition) is 3. The topological polar surface area (TPSA) is 55.6 Å². The van der Waals surface area contributed by atoms with E-state index in [1.165, 1.54) is 18.5 Å². The van der Waals surface area contributed by atoms with Gasteiger partial charge in [-0.05, 0) is 51.7 Å². The predicted octanol–water partition coefficient (Wildman–Crippen LogP) is 3.24. The largest absolute Gasteiger partial charge is 0.444 e. The lowest BCUT2D eigenvalue weighted by atomic mass is 10.2. The number of carbonyl (C=O) groups is 1. The van der Waals surface area contributed by atoms with Gasteiger partial charge >= 0.3 is 6.09 Å². The van der Waals surface area contributed by atoms with Crippen LogP contribution in [-0.4, -0.2) is 21.1 Å². The molecule has 21 heavy (non-hydrogen) atoms. The van der Waals surface area contributed by atoms with Crippen molar-refractivity contribution in [2.45, 2.75) is 51.7 Å². The number of hydrogen-bond donors (Lipinski definition) is 1. The first-order valence-electron chi connectivity index (χ1n) is 7.36. The summed E-state index contributed by atoms with van der Waals surface area (Å²) in [5.41, 5.74) is 2.60. The highest BCUT2D eigenvalue weighted by molar-refractivity contribution is 5.67. The summed E-state index contributed by atoms with van der Waals surface area (Å²) in [6.07, 6.45) is 4.09. The van der Waals surface area contributed by atoms with Crippen LogP contribution in [0.5, 0.6) is 0 Å². The average molecular weight is 287 g/mol. The Hall–Kier alpha value is -2.04. The second kappa shape index (κ2) is 5.06. The molecule has 1 saturated carbocycles. The Morgan fingerprint density at radius 1 is 1.43 bits per heavy atom. The molecule has 0 saturated heterocycles. The number of ether oxygens (including phenoxy) is 1. The van der Waals surface area contributed by atoms with E-state index < -0.39 is 11.7 Å². The van der Waals surface area contributed by atoms with Crippen LogP contribution in [0.2, 0.25) is 0 Å². The molecule has 0 spiro atoms. The number of nitrogens with one attached hydrogen (secondary N) is 1. The van der Waals surface area contributed by atoms with Gasteiger partial charge in [-0.2, -0.15) is 0 Å². The second-order valence-corrected chi connectivity index (χ2v) is 6.54. The molecular weight excluding hydrogens is 266 g/mol. The molecule has 1 fully saturated rings. The first-order chi connectivity index (χ1) is 9.92. The minimum absolute atomic E-state index is 0.376. The van der Waals surface area contributed by atoms with Gasteiger partial charge in [-0.15, -0.1) is 0 Å². The molecule has 0 unspecified atom stereocenters. The number of alkyl carbamates (subject to hydrolysis) is 1. The lowest BCUT2D eigenvalue weighted by molar-refractivity contribution is 0.0523. The van der Waals surface area contributed by atoms with E-state index in [0.29, 0.717) is 12.5 Å². The summed E-state index contributed by atoms with van der Waals surface area (Å²) in [5.74, 6) is 0.662. The van der Waals surface area contributed by atoms with Crippen molar-refractivity contribution in [1.29, 1.82) is 0 Å². The van der Waals surface area contributed by atoms with E-state index in [2.05, 4.69) is 20.8 Å². The van der Waals surface area contributed by atoms with Gasteiger partial charge in [0.15, 0.2) is 0 Å². The number of rotatable bonds is 3. The molecular formula is C16H21N3O2. The third-order valence-electron chi connectivity index (χ3n) is 3.38. The maximum absolute atomic E-state index is 11.7. The van der Waals surface area contributed by atoms with Crippen LogP contribution < -0.4 is 5.32 Å². The molecule has 3 rings (SSSR count). The zero-order chi connectivity index (χ0) is 15.0. The monoisotopic (exact) mass is 287 g/mol. The van der Waals surface area contributed by atoms with E-state index >= 15 is 0 Å². The van der Waals surface area contributed by atoms with Gasteiger partial charge in [0, 0.05) is 11.9 Å². The van der Waals surface area contributed by atoms with Gasteiger partial charge in [0.1, 0.15) is 11.2 Å². The van der Waals surface area contributed by atoms with Crippen LogP contribution >= 0.6 is 0 Å². The van der Waals surface area contributed by atoms with E-state index in [1.807, 2.05) is 39.1 Å². The highest BCUT2D eigenvalue weighted by atomic mass is 16.6. The Bertz CT molecular complexity index is 666. The molecule has 0 aromatic carbocycles. The van der Waals surface area contributed by atoms with Crippen molar-refractivity contribution in [2.24, 2.45) is 0 Å². The Labute approximate surface area is 124 Å². The zero-order valence-corrected chi connectivity index (χ0v) is 12.7. The molecule has 0 atom stereocenters. The van der Waals surface area contributed by atoms with Crippen molar-refractivity contribution in [3.8, 4) is 0 Å². The standard InChI is InChI=1S/C16H21N3O2/c1-16(2,3)21-15(20)17-9-12-10-19-13(11-7-8-11)5-4-6-14(19)18-12/h4-6,10-11H,7-9H2,1-3H3,(H,17,20). The van der Waals surface area contributed by atoms with Gasteiger partial charge in [0.2, 0.25) is 0 Å². The number of aromatic nitrogens is 2. The molecule has 5 nitrogen and oxygen atoms in total. The molecule has 2 heterocycles. The number of imidazole rings is 1.